The van der Waals surface area contributed by atoms with Crippen LogP contribution in [-0.4, -0.2) is 0 Å². The maximum absolute atomic E-state index is 2.51. The molecule has 12 rings (SSSR count). The molecule has 0 unspecified atom stereocenters. The maximum atomic E-state index is 2.51. The topological polar surface area (TPSA) is 3.24 Å². The number of fused-ring (bicyclic) bond motifs is 10. The van der Waals surface area contributed by atoms with Gasteiger partial charge in [-0.1, -0.05) is 214 Å². The van der Waals surface area contributed by atoms with Gasteiger partial charge in [0.2, 0.25) is 0 Å². The summed E-state index contributed by atoms with van der Waals surface area (Å²) >= 11 is 0. The van der Waals surface area contributed by atoms with E-state index in [9.17, 15) is 0 Å². The second kappa shape index (κ2) is 14.4. The van der Waals surface area contributed by atoms with E-state index in [0.717, 1.165) is 17.1 Å². The third-order valence-electron chi connectivity index (χ3n) is 14.0. The highest BCUT2D eigenvalue weighted by atomic mass is 15.1. The fraction of sp³-hybridized carbons (Fsp3) is 0.0645. The molecular formula is C62H45N. The normalized spacial score (nSPS) is 13.8. The molecule has 2 aliphatic rings. The fourth-order valence-corrected chi connectivity index (χ4v) is 11.1. The minimum absolute atomic E-state index is 0.176. The number of rotatable bonds is 6. The molecule has 0 aromatic heterocycles. The Morgan fingerprint density at radius 3 is 1.41 bits per heavy atom. The predicted molar refractivity (Wildman–Crippen MR) is 264 cm³/mol. The Morgan fingerprint density at radius 1 is 0.302 bits per heavy atom. The molecule has 0 aliphatic heterocycles. The smallest absolute Gasteiger partial charge is 0.0719 e. The Morgan fingerprint density at radius 2 is 0.762 bits per heavy atom. The monoisotopic (exact) mass is 803 g/mol. The van der Waals surface area contributed by atoms with E-state index in [1.807, 2.05) is 0 Å². The van der Waals surface area contributed by atoms with Gasteiger partial charge in [0, 0.05) is 22.2 Å². The molecule has 2 aliphatic carbocycles. The number of hydrogen-bond acceptors (Lipinski definition) is 1. The molecule has 0 heterocycles. The van der Waals surface area contributed by atoms with Gasteiger partial charge in [0.1, 0.15) is 0 Å². The Labute approximate surface area is 370 Å². The molecule has 0 saturated heterocycles. The second-order valence-corrected chi connectivity index (χ2v) is 17.6. The van der Waals surface area contributed by atoms with E-state index in [4.69, 9.17) is 0 Å². The molecule has 10 aromatic carbocycles. The summed E-state index contributed by atoms with van der Waals surface area (Å²) in [6.45, 7) is 4.80. The molecule has 0 radical (unpaired) electrons. The van der Waals surface area contributed by atoms with Crippen molar-refractivity contribution in [1.82, 2.24) is 0 Å². The number of benzene rings is 10. The zero-order valence-electron chi connectivity index (χ0n) is 35.5. The van der Waals surface area contributed by atoms with Crippen molar-refractivity contribution >= 4 is 27.8 Å². The van der Waals surface area contributed by atoms with E-state index in [-0.39, 0.29) is 5.41 Å². The lowest BCUT2D eigenvalue weighted by molar-refractivity contribution is 0.563. The number of anilines is 3. The van der Waals surface area contributed by atoms with Crippen LogP contribution >= 0.6 is 0 Å². The Kier molecular flexibility index (Phi) is 8.49. The van der Waals surface area contributed by atoms with Crippen LogP contribution < -0.4 is 4.90 Å². The molecule has 0 bridgehead atoms. The molecule has 0 atom stereocenters. The van der Waals surface area contributed by atoms with Crippen molar-refractivity contribution in [2.45, 2.75) is 24.7 Å². The second-order valence-electron chi connectivity index (χ2n) is 17.6. The van der Waals surface area contributed by atoms with Crippen LogP contribution in [0.3, 0.4) is 0 Å². The molecule has 0 N–H and O–H groups in total. The minimum Gasteiger partial charge on any atom is -0.310 e. The third-order valence-corrected chi connectivity index (χ3v) is 14.0. The van der Waals surface area contributed by atoms with Gasteiger partial charge in [0.05, 0.1) is 11.1 Å². The molecule has 1 nitrogen and oxygen atoms in total. The van der Waals surface area contributed by atoms with Gasteiger partial charge in [-0.2, -0.15) is 0 Å². The molecule has 1 heteroatoms. The van der Waals surface area contributed by atoms with Crippen LogP contribution in [0.4, 0.5) is 17.1 Å². The summed E-state index contributed by atoms with van der Waals surface area (Å²) in [4.78, 5) is 2.41. The van der Waals surface area contributed by atoms with Gasteiger partial charge in [0.15, 0.2) is 0 Å². The van der Waals surface area contributed by atoms with Gasteiger partial charge in [-0.15, -0.1) is 0 Å². The van der Waals surface area contributed by atoms with Gasteiger partial charge >= 0.3 is 0 Å². The van der Waals surface area contributed by atoms with Gasteiger partial charge in [-0.05, 0) is 120 Å². The highest BCUT2D eigenvalue weighted by molar-refractivity contribution is 5.99. The van der Waals surface area contributed by atoms with Crippen molar-refractivity contribution in [3.63, 3.8) is 0 Å². The largest absolute Gasteiger partial charge is 0.310 e. The highest BCUT2D eigenvalue weighted by Gasteiger charge is 2.53. The first kappa shape index (κ1) is 37.1. The van der Waals surface area contributed by atoms with E-state index < -0.39 is 5.41 Å². The highest BCUT2D eigenvalue weighted by Crippen LogP contribution is 2.62. The quantitative estimate of drug-likeness (QED) is 0.162. The van der Waals surface area contributed by atoms with E-state index >= 15 is 0 Å². The van der Waals surface area contributed by atoms with Gasteiger partial charge in [0.25, 0.3) is 0 Å². The van der Waals surface area contributed by atoms with E-state index in [2.05, 4.69) is 255 Å². The molecule has 0 saturated carbocycles. The van der Waals surface area contributed by atoms with Gasteiger partial charge < -0.3 is 4.90 Å². The van der Waals surface area contributed by atoms with E-state index in [1.54, 1.807) is 0 Å². The van der Waals surface area contributed by atoms with Crippen molar-refractivity contribution in [3.05, 3.63) is 270 Å². The maximum Gasteiger partial charge on any atom is 0.0719 e. The van der Waals surface area contributed by atoms with Crippen LogP contribution in [0.2, 0.25) is 0 Å². The Hall–Kier alpha value is -7.74. The zero-order valence-corrected chi connectivity index (χ0v) is 35.5. The summed E-state index contributed by atoms with van der Waals surface area (Å²) < 4.78 is 0. The average molecular weight is 804 g/mol. The molecule has 0 fully saturated rings. The lowest BCUT2D eigenvalue weighted by atomic mass is 9.55. The summed E-state index contributed by atoms with van der Waals surface area (Å²) in [5.41, 5.74) is 20.9. The first-order chi connectivity index (χ1) is 31.0. The molecule has 0 amide bonds. The van der Waals surface area contributed by atoms with Crippen LogP contribution in [0.5, 0.6) is 0 Å². The SMILES string of the molecule is CC1(C)c2ccccc2C2(c3ccccc3-c3ccccc32)c2cc(-c3ccc(N(c4ccc(-c5ccccc5-c5ccccc5)cc4)c4cccc5ccccc45)cc3)ccc21. The van der Waals surface area contributed by atoms with Crippen molar-refractivity contribution in [1.29, 1.82) is 0 Å². The Bertz CT molecular complexity index is 3310. The van der Waals surface area contributed by atoms with E-state index in [0.29, 0.717) is 0 Å². The zero-order chi connectivity index (χ0) is 42.1. The first-order valence-corrected chi connectivity index (χ1v) is 22.1. The summed E-state index contributed by atoms with van der Waals surface area (Å²) in [6, 6.07) is 87.6. The van der Waals surface area contributed by atoms with Crippen molar-refractivity contribution in [2.24, 2.45) is 0 Å². The predicted octanol–water partition coefficient (Wildman–Crippen LogP) is 16.3. The lowest BCUT2D eigenvalue weighted by Crippen LogP contribution is -2.40. The molecular weight excluding hydrogens is 759 g/mol. The summed E-state index contributed by atoms with van der Waals surface area (Å²) in [7, 11) is 0. The van der Waals surface area contributed by atoms with Crippen molar-refractivity contribution in [2.75, 3.05) is 4.90 Å². The van der Waals surface area contributed by atoms with Gasteiger partial charge in [-0.25, -0.2) is 0 Å². The third kappa shape index (κ3) is 5.63. The first-order valence-electron chi connectivity index (χ1n) is 22.1. The summed E-state index contributed by atoms with van der Waals surface area (Å²) in [5.74, 6) is 0. The fourth-order valence-electron chi connectivity index (χ4n) is 11.1. The van der Waals surface area contributed by atoms with Crippen LogP contribution in [0, 0.1) is 0 Å². The van der Waals surface area contributed by atoms with Crippen LogP contribution in [0.15, 0.2) is 237 Å². The van der Waals surface area contributed by atoms with E-state index in [1.165, 1.54) is 88.7 Å². The summed E-state index contributed by atoms with van der Waals surface area (Å²) in [5, 5.41) is 2.43. The van der Waals surface area contributed by atoms with Gasteiger partial charge in [-0.3, -0.25) is 0 Å². The molecule has 1 spiro atoms. The molecule has 63 heavy (non-hydrogen) atoms. The van der Waals surface area contributed by atoms with Crippen LogP contribution in [0.25, 0.3) is 55.3 Å². The summed E-state index contributed by atoms with van der Waals surface area (Å²) in [6.07, 6.45) is 0. The average Bonchev–Trinajstić information content (AvgIpc) is 3.65. The Balaban J connectivity index is 0.990. The number of nitrogens with zero attached hydrogens (tertiary/aromatic N) is 1. The molecule has 10 aromatic rings. The van der Waals surface area contributed by atoms with Crippen molar-refractivity contribution in [3.8, 4) is 44.5 Å². The van der Waals surface area contributed by atoms with Crippen molar-refractivity contribution < 1.29 is 0 Å². The molecule has 298 valence electrons. The lowest BCUT2D eigenvalue weighted by Gasteiger charge is -2.46. The van der Waals surface area contributed by atoms with Crippen LogP contribution in [0.1, 0.15) is 47.2 Å². The van der Waals surface area contributed by atoms with Crippen LogP contribution in [-0.2, 0) is 10.8 Å². The minimum atomic E-state index is -0.427. The standard InChI is InChI=1S/C62H45N/c1-61(2)56-28-14-15-29-58(56)62(54-26-12-10-24-52(54)53-25-11-13-27-55(53)62)59-41-46(35-40-57(59)61)42-31-36-47(37-32-42)63(60-30-16-20-44-19-6-7-23-51(44)60)48-38-33-45(34-39-48)50-22-9-8-21-49(50)43-17-4-3-5-18-43/h3-41H,1-2H3. The number of hydrogen-bond donors (Lipinski definition) is 0.